The van der Waals surface area contributed by atoms with Gasteiger partial charge in [0.2, 0.25) is 11.8 Å². The number of hydrazine groups is 1. The molecule has 258 valence electrons. The van der Waals surface area contributed by atoms with Crippen LogP contribution in [0.1, 0.15) is 42.4 Å². The van der Waals surface area contributed by atoms with E-state index in [9.17, 15) is 19.5 Å². The molecule has 4 aromatic rings. The van der Waals surface area contributed by atoms with Crippen molar-refractivity contribution in [3.63, 3.8) is 0 Å². The number of carbonyl (C=O) groups is 4. The zero-order valence-electron chi connectivity index (χ0n) is 28.1. The highest BCUT2D eigenvalue weighted by atomic mass is 35.5. The average molecular weight is 702 g/mol. The van der Waals surface area contributed by atoms with E-state index in [4.69, 9.17) is 16.3 Å². The molecule has 0 spiro atoms. The van der Waals surface area contributed by atoms with E-state index in [-0.39, 0.29) is 36.2 Å². The fourth-order valence-corrected chi connectivity index (χ4v) is 9.11. The quantitative estimate of drug-likeness (QED) is 0.158. The maximum Gasteiger partial charge on any atom is 0.260 e. The lowest BCUT2D eigenvalue weighted by atomic mass is 9.49. The Kier molecular flexibility index (Phi) is 7.98. The van der Waals surface area contributed by atoms with E-state index in [1.165, 1.54) is 4.90 Å². The van der Waals surface area contributed by atoms with E-state index < -0.39 is 46.8 Å². The molecule has 2 aliphatic heterocycles. The van der Waals surface area contributed by atoms with Gasteiger partial charge in [-0.1, -0.05) is 83.4 Å². The number of aryl methyl sites for hydroxylation is 1. The van der Waals surface area contributed by atoms with Crippen LogP contribution in [0, 0.1) is 30.6 Å². The fraction of sp³-hybridized carbons (Fsp3) is 0.268. The Morgan fingerprint density at radius 1 is 0.863 bits per heavy atom. The maximum atomic E-state index is 15.3. The predicted molar refractivity (Wildman–Crippen MR) is 192 cm³/mol. The number of halogens is 1. The summed E-state index contributed by atoms with van der Waals surface area (Å²) in [5.74, 6) is -5.27. The lowest BCUT2D eigenvalue weighted by Crippen LogP contribution is -2.53. The topological polar surface area (TPSA) is 116 Å². The highest BCUT2D eigenvalue weighted by molar-refractivity contribution is 6.31. The van der Waals surface area contributed by atoms with E-state index in [1.807, 2.05) is 74.5 Å². The average Bonchev–Trinajstić information content (AvgIpc) is 3.52. The second-order valence-electron chi connectivity index (χ2n) is 13.7. The molecule has 8 rings (SSSR count). The molecule has 4 aliphatic rings. The van der Waals surface area contributed by atoms with Crippen molar-refractivity contribution >= 4 is 46.6 Å². The predicted octanol–water partition coefficient (Wildman–Crippen LogP) is 6.94. The summed E-state index contributed by atoms with van der Waals surface area (Å²) in [7, 11) is 0. The van der Waals surface area contributed by atoms with E-state index >= 15 is 4.79 Å². The zero-order chi connectivity index (χ0) is 35.6. The van der Waals surface area contributed by atoms with Crippen LogP contribution in [-0.2, 0) is 24.6 Å². The first-order chi connectivity index (χ1) is 24.7. The number of nitrogens with one attached hydrogen (secondary N) is 1. The molecule has 2 aliphatic carbocycles. The molecule has 51 heavy (non-hydrogen) atoms. The number of rotatable bonds is 7. The summed E-state index contributed by atoms with van der Waals surface area (Å²) in [4.78, 5) is 59.8. The third kappa shape index (κ3) is 4.89. The third-order valence-electron chi connectivity index (χ3n) is 11.1. The number of phenolic OH excluding ortho intramolecular Hbond substituents is 1. The minimum atomic E-state index is -1.50. The summed E-state index contributed by atoms with van der Waals surface area (Å²) >= 11 is 6.14. The molecule has 0 bridgehead atoms. The molecule has 10 heteroatoms. The number of para-hydroxylation sites is 1. The van der Waals surface area contributed by atoms with E-state index in [0.717, 1.165) is 16.1 Å². The SMILES string of the molecule is CCOc1cccc(C2C3=CCC4C(=O)N(c5ccc(Cl)cc5)C(=O)C4C3CC3C(=O)N(Nc4ccc(C)cc4)C(=O)C32c2ccccc2)c1O. The van der Waals surface area contributed by atoms with Crippen LogP contribution >= 0.6 is 11.6 Å². The molecule has 1 saturated carbocycles. The Morgan fingerprint density at radius 3 is 2.29 bits per heavy atom. The second-order valence-corrected chi connectivity index (χ2v) is 14.1. The van der Waals surface area contributed by atoms with Crippen molar-refractivity contribution in [2.24, 2.45) is 23.7 Å². The van der Waals surface area contributed by atoms with Gasteiger partial charge in [0, 0.05) is 16.5 Å². The number of fused-ring (bicyclic) bond motifs is 4. The van der Waals surface area contributed by atoms with Crippen LogP contribution in [0.2, 0.25) is 5.02 Å². The normalized spacial score (nSPS) is 26.8. The number of benzene rings is 4. The van der Waals surface area contributed by atoms with Crippen LogP contribution in [0.3, 0.4) is 0 Å². The summed E-state index contributed by atoms with van der Waals surface area (Å²) < 4.78 is 5.82. The molecule has 4 amide bonds. The van der Waals surface area contributed by atoms with Gasteiger partial charge in [0.1, 0.15) is 0 Å². The van der Waals surface area contributed by atoms with Gasteiger partial charge in [-0.2, -0.15) is 5.01 Å². The second kappa shape index (κ2) is 12.4. The molecule has 3 fully saturated rings. The highest BCUT2D eigenvalue weighted by Crippen LogP contribution is 2.65. The molecule has 6 atom stereocenters. The minimum Gasteiger partial charge on any atom is -0.504 e. The van der Waals surface area contributed by atoms with E-state index in [2.05, 4.69) is 5.43 Å². The van der Waals surface area contributed by atoms with Crippen LogP contribution in [-0.4, -0.2) is 40.4 Å². The van der Waals surface area contributed by atoms with Crippen molar-refractivity contribution in [2.75, 3.05) is 16.9 Å². The lowest BCUT2D eigenvalue weighted by Gasteiger charge is -2.50. The molecule has 6 unspecified atom stereocenters. The van der Waals surface area contributed by atoms with Gasteiger partial charge < -0.3 is 9.84 Å². The maximum absolute atomic E-state index is 15.3. The fourth-order valence-electron chi connectivity index (χ4n) is 8.98. The van der Waals surface area contributed by atoms with Crippen LogP contribution in [0.25, 0.3) is 0 Å². The molecule has 2 N–H and O–H groups in total. The van der Waals surface area contributed by atoms with Crippen molar-refractivity contribution in [1.29, 1.82) is 0 Å². The molecule has 0 radical (unpaired) electrons. The number of carbonyl (C=O) groups excluding carboxylic acids is 4. The van der Waals surface area contributed by atoms with Gasteiger partial charge in [-0.15, -0.1) is 0 Å². The van der Waals surface area contributed by atoms with Crippen molar-refractivity contribution < 1.29 is 29.0 Å². The Bertz CT molecular complexity index is 2100. The van der Waals surface area contributed by atoms with Gasteiger partial charge in [-0.25, -0.2) is 0 Å². The molecular weight excluding hydrogens is 666 g/mol. The van der Waals surface area contributed by atoms with Gasteiger partial charge in [-0.3, -0.25) is 29.5 Å². The van der Waals surface area contributed by atoms with Crippen molar-refractivity contribution in [3.05, 3.63) is 130 Å². The number of aromatic hydroxyl groups is 1. The minimum absolute atomic E-state index is 0.135. The Labute approximate surface area is 300 Å². The molecule has 4 aromatic carbocycles. The Balaban J connectivity index is 1.33. The number of phenols is 1. The lowest BCUT2D eigenvalue weighted by molar-refractivity contribution is -0.138. The number of hydrogen-bond acceptors (Lipinski definition) is 7. The first kappa shape index (κ1) is 32.8. The number of amides is 4. The number of nitrogens with zero attached hydrogens (tertiary/aromatic N) is 2. The summed E-state index contributed by atoms with van der Waals surface area (Å²) in [5.41, 5.74) is 5.39. The van der Waals surface area contributed by atoms with Crippen LogP contribution < -0.4 is 15.1 Å². The zero-order valence-corrected chi connectivity index (χ0v) is 28.8. The third-order valence-corrected chi connectivity index (χ3v) is 11.4. The monoisotopic (exact) mass is 701 g/mol. The van der Waals surface area contributed by atoms with Gasteiger partial charge in [0.05, 0.1) is 41.2 Å². The number of allylic oxidation sites excluding steroid dienone is 2. The number of ether oxygens (including phenoxy) is 1. The molecular formula is C41H36ClN3O6. The van der Waals surface area contributed by atoms with Gasteiger partial charge in [0.25, 0.3) is 11.8 Å². The van der Waals surface area contributed by atoms with Gasteiger partial charge in [0.15, 0.2) is 11.5 Å². The highest BCUT2D eigenvalue weighted by Gasteiger charge is 2.70. The molecule has 0 aromatic heterocycles. The summed E-state index contributed by atoms with van der Waals surface area (Å²) in [6.45, 7) is 4.07. The summed E-state index contributed by atoms with van der Waals surface area (Å²) in [6, 6.07) is 28.4. The van der Waals surface area contributed by atoms with Crippen LogP contribution in [0.15, 0.2) is 109 Å². The van der Waals surface area contributed by atoms with E-state index in [0.29, 0.717) is 34.1 Å². The summed E-state index contributed by atoms with van der Waals surface area (Å²) in [5, 5.41) is 13.5. The Morgan fingerprint density at radius 2 is 1.59 bits per heavy atom. The summed E-state index contributed by atoms with van der Waals surface area (Å²) in [6.07, 6.45) is 2.37. The first-order valence-corrected chi connectivity index (χ1v) is 17.6. The number of anilines is 2. The molecule has 2 saturated heterocycles. The van der Waals surface area contributed by atoms with Crippen molar-refractivity contribution in [2.45, 2.75) is 38.0 Å². The van der Waals surface area contributed by atoms with Gasteiger partial charge >= 0.3 is 0 Å². The van der Waals surface area contributed by atoms with E-state index in [1.54, 1.807) is 42.5 Å². The van der Waals surface area contributed by atoms with Crippen LogP contribution in [0.4, 0.5) is 11.4 Å². The molecule has 9 nitrogen and oxygen atoms in total. The van der Waals surface area contributed by atoms with Crippen molar-refractivity contribution in [1.82, 2.24) is 5.01 Å². The van der Waals surface area contributed by atoms with Gasteiger partial charge in [-0.05, 0) is 80.6 Å². The number of imide groups is 2. The smallest absolute Gasteiger partial charge is 0.260 e. The van der Waals surface area contributed by atoms with Crippen LogP contribution in [0.5, 0.6) is 11.5 Å². The number of hydrogen-bond donors (Lipinski definition) is 2. The van der Waals surface area contributed by atoms with Crippen molar-refractivity contribution in [3.8, 4) is 11.5 Å². The standard InChI is InChI=1S/C41H36ClN3O6/c1-3-51-33-11-7-10-30(36(33)46)35-28-20-21-29-34(39(49)44(37(29)47)27-18-14-25(42)15-19-27)31(28)22-32-38(48)45(43-26-16-12-23(2)13-17-26)40(50)41(32,35)24-8-5-4-6-9-24/h4-20,29,31-32,34-35,43,46H,3,21-22H2,1-2H3. The Hall–Kier alpha value is -5.41. The first-order valence-electron chi connectivity index (χ1n) is 17.2. The largest absolute Gasteiger partial charge is 0.504 e. The molecule has 2 heterocycles.